The molecule has 0 fully saturated rings. The van der Waals surface area contributed by atoms with E-state index in [9.17, 15) is 10.1 Å². The molecule has 3 rings (SSSR count). The summed E-state index contributed by atoms with van der Waals surface area (Å²) in [6.45, 7) is 1.99. The van der Waals surface area contributed by atoms with Gasteiger partial charge in [0.25, 0.3) is 5.56 Å². The summed E-state index contributed by atoms with van der Waals surface area (Å²) in [5.41, 5.74) is 2.39. The number of aromatic nitrogens is 2. The zero-order valence-corrected chi connectivity index (χ0v) is 13.8. The van der Waals surface area contributed by atoms with Crippen molar-refractivity contribution < 1.29 is 4.74 Å². The largest absolute Gasteiger partial charge is 0.497 e. The van der Waals surface area contributed by atoms with E-state index in [1.54, 1.807) is 31.4 Å². The lowest BCUT2D eigenvalue weighted by Gasteiger charge is -2.09. The van der Waals surface area contributed by atoms with Crippen molar-refractivity contribution in [2.75, 3.05) is 12.4 Å². The van der Waals surface area contributed by atoms with Gasteiger partial charge >= 0.3 is 0 Å². The molecular weight excluding hydrogens is 316 g/mol. The summed E-state index contributed by atoms with van der Waals surface area (Å²) in [5.74, 6) is 0.962. The molecule has 2 aromatic carbocycles. The van der Waals surface area contributed by atoms with Crippen molar-refractivity contribution in [3.05, 3.63) is 70.0 Å². The third kappa shape index (κ3) is 3.51. The predicted molar refractivity (Wildman–Crippen MR) is 96.0 cm³/mol. The van der Waals surface area contributed by atoms with Crippen LogP contribution < -0.4 is 15.6 Å². The molecule has 6 heteroatoms. The molecule has 0 saturated carbocycles. The number of aryl methyl sites for hydroxylation is 1. The molecule has 2 N–H and O–H groups in total. The molecule has 25 heavy (non-hydrogen) atoms. The SMILES string of the molecule is COc1ccc(-c2nc(Nc3ccc(C)cc3)[nH]c(=O)c2C#N)cc1. The second-order valence-corrected chi connectivity index (χ2v) is 5.47. The van der Waals surface area contributed by atoms with Crippen molar-refractivity contribution in [2.45, 2.75) is 6.92 Å². The van der Waals surface area contributed by atoms with Gasteiger partial charge in [-0.25, -0.2) is 4.98 Å². The summed E-state index contributed by atoms with van der Waals surface area (Å²) in [4.78, 5) is 19.3. The van der Waals surface area contributed by atoms with Gasteiger partial charge in [0.05, 0.1) is 12.8 Å². The molecule has 0 spiro atoms. The van der Waals surface area contributed by atoms with Crippen LogP contribution in [0.4, 0.5) is 11.6 Å². The van der Waals surface area contributed by atoms with E-state index in [0.29, 0.717) is 17.0 Å². The van der Waals surface area contributed by atoms with Gasteiger partial charge in [0.1, 0.15) is 17.4 Å². The van der Waals surface area contributed by atoms with E-state index in [4.69, 9.17) is 4.74 Å². The molecule has 124 valence electrons. The molecule has 0 bridgehead atoms. The molecule has 0 amide bonds. The van der Waals surface area contributed by atoms with Gasteiger partial charge in [-0.3, -0.25) is 9.78 Å². The Kier molecular flexibility index (Phi) is 4.48. The number of nitriles is 1. The molecule has 0 aliphatic heterocycles. The summed E-state index contributed by atoms with van der Waals surface area (Å²) in [5, 5.41) is 12.4. The Morgan fingerprint density at radius 1 is 1.12 bits per heavy atom. The Hall–Kier alpha value is -3.59. The number of rotatable bonds is 4. The van der Waals surface area contributed by atoms with E-state index in [2.05, 4.69) is 15.3 Å². The first-order chi connectivity index (χ1) is 12.1. The quantitative estimate of drug-likeness (QED) is 0.764. The highest BCUT2D eigenvalue weighted by atomic mass is 16.5. The average molecular weight is 332 g/mol. The highest BCUT2D eigenvalue weighted by Gasteiger charge is 2.13. The van der Waals surface area contributed by atoms with Crippen LogP contribution in [0.2, 0.25) is 0 Å². The van der Waals surface area contributed by atoms with Gasteiger partial charge in [-0.2, -0.15) is 5.26 Å². The second kappa shape index (κ2) is 6.89. The van der Waals surface area contributed by atoms with Crippen LogP contribution in [0.3, 0.4) is 0 Å². The maximum atomic E-state index is 12.2. The van der Waals surface area contributed by atoms with Gasteiger partial charge in [0, 0.05) is 11.3 Å². The Bertz CT molecular complexity index is 984. The number of aromatic amines is 1. The molecule has 1 aromatic heterocycles. The maximum Gasteiger partial charge on any atom is 0.270 e. The number of hydrogen-bond acceptors (Lipinski definition) is 5. The fourth-order valence-electron chi connectivity index (χ4n) is 2.37. The minimum Gasteiger partial charge on any atom is -0.497 e. The Balaban J connectivity index is 2.04. The van der Waals surface area contributed by atoms with Gasteiger partial charge in [-0.05, 0) is 43.3 Å². The van der Waals surface area contributed by atoms with Gasteiger partial charge in [0.15, 0.2) is 0 Å². The highest BCUT2D eigenvalue weighted by molar-refractivity contribution is 5.68. The smallest absolute Gasteiger partial charge is 0.270 e. The number of anilines is 2. The van der Waals surface area contributed by atoms with Crippen LogP contribution in [0.5, 0.6) is 5.75 Å². The Labute approximate surface area is 144 Å². The third-order valence-electron chi connectivity index (χ3n) is 3.71. The van der Waals surface area contributed by atoms with E-state index in [1.807, 2.05) is 37.3 Å². The van der Waals surface area contributed by atoms with Crippen LogP contribution in [-0.2, 0) is 0 Å². The number of nitrogens with zero attached hydrogens (tertiary/aromatic N) is 2. The van der Waals surface area contributed by atoms with Crippen LogP contribution in [0.15, 0.2) is 53.3 Å². The molecule has 1 heterocycles. The van der Waals surface area contributed by atoms with E-state index in [1.165, 1.54) is 0 Å². The molecule has 0 saturated heterocycles. The lowest BCUT2D eigenvalue weighted by atomic mass is 10.1. The number of hydrogen-bond donors (Lipinski definition) is 2. The van der Waals surface area contributed by atoms with Crippen molar-refractivity contribution in [1.29, 1.82) is 5.26 Å². The van der Waals surface area contributed by atoms with Crippen LogP contribution >= 0.6 is 0 Å². The molecule has 0 unspecified atom stereocenters. The van der Waals surface area contributed by atoms with Gasteiger partial charge in [-0.1, -0.05) is 17.7 Å². The summed E-state index contributed by atoms with van der Waals surface area (Å²) in [6.07, 6.45) is 0. The lowest BCUT2D eigenvalue weighted by molar-refractivity contribution is 0.415. The number of benzene rings is 2. The number of nitrogens with one attached hydrogen (secondary N) is 2. The summed E-state index contributed by atoms with van der Waals surface area (Å²) < 4.78 is 5.13. The fourth-order valence-corrected chi connectivity index (χ4v) is 2.37. The summed E-state index contributed by atoms with van der Waals surface area (Å²) in [7, 11) is 1.57. The van der Waals surface area contributed by atoms with Crippen molar-refractivity contribution in [1.82, 2.24) is 9.97 Å². The number of H-pyrrole nitrogens is 1. The standard InChI is InChI=1S/C19H16N4O2/c1-12-3-7-14(8-4-12)21-19-22-17(16(11-20)18(24)23-19)13-5-9-15(25-2)10-6-13/h3-10H,1-2H3,(H2,21,22,23,24). The van der Waals surface area contributed by atoms with Crippen molar-refractivity contribution in [3.63, 3.8) is 0 Å². The number of ether oxygens (including phenoxy) is 1. The normalized spacial score (nSPS) is 10.1. The molecule has 3 aromatic rings. The summed E-state index contributed by atoms with van der Waals surface area (Å²) >= 11 is 0. The van der Waals surface area contributed by atoms with Crippen LogP contribution in [0.25, 0.3) is 11.3 Å². The maximum absolute atomic E-state index is 12.2. The van der Waals surface area contributed by atoms with E-state index >= 15 is 0 Å². The zero-order valence-electron chi connectivity index (χ0n) is 13.8. The van der Waals surface area contributed by atoms with Gasteiger partial charge in [-0.15, -0.1) is 0 Å². The van der Waals surface area contributed by atoms with E-state index in [0.717, 1.165) is 11.3 Å². The van der Waals surface area contributed by atoms with E-state index in [-0.39, 0.29) is 11.5 Å². The topological polar surface area (TPSA) is 90.8 Å². The fraction of sp³-hybridized carbons (Fsp3) is 0.105. The Morgan fingerprint density at radius 2 is 1.80 bits per heavy atom. The van der Waals surface area contributed by atoms with Crippen molar-refractivity contribution in [2.24, 2.45) is 0 Å². The van der Waals surface area contributed by atoms with Crippen molar-refractivity contribution in [3.8, 4) is 23.1 Å². The predicted octanol–water partition coefficient (Wildman–Crippen LogP) is 3.37. The lowest BCUT2D eigenvalue weighted by Crippen LogP contribution is -2.16. The number of methoxy groups -OCH3 is 1. The molecule has 6 nitrogen and oxygen atoms in total. The minimum atomic E-state index is -0.488. The third-order valence-corrected chi connectivity index (χ3v) is 3.71. The Morgan fingerprint density at radius 3 is 2.40 bits per heavy atom. The zero-order chi connectivity index (χ0) is 17.8. The molecule has 0 aliphatic rings. The minimum absolute atomic E-state index is 0.0281. The molecule has 0 aliphatic carbocycles. The first-order valence-electron chi connectivity index (χ1n) is 7.63. The molecule has 0 atom stereocenters. The van der Waals surface area contributed by atoms with Crippen LogP contribution in [0.1, 0.15) is 11.1 Å². The average Bonchev–Trinajstić information content (AvgIpc) is 2.63. The first kappa shape index (κ1) is 16.3. The first-order valence-corrected chi connectivity index (χ1v) is 7.63. The van der Waals surface area contributed by atoms with Crippen LogP contribution in [-0.4, -0.2) is 17.1 Å². The van der Waals surface area contributed by atoms with Gasteiger partial charge < -0.3 is 10.1 Å². The van der Waals surface area contributed by atoms with Crippen molar-refractivity contribution >= 4 is 11.6 Å². The molecule has 0 radical (unpaired) electrons. The monoisotopic (exact) mass is 332 g/mol. The summed E-state index contributed by atoms with van der Waals surface area (Å²) in [6, 6.07) is 16.6. The molecular formula is C19H16N4O2. The van der Waals surface area contributed by atoms with E-state index < -0.39 is 5.56 Å². The highest BCUT2D eigenvalue weighted by Crippen LogP contribution is 2.23. The van der Waals surface area contributed by atoms with Crippen LogP contribution in [0, 0.1) is 18.3 Å². The van der Waals surface area contributed by atoms with Gasteiger partial charge in [0.2, 0.25) is 5.95 Å². The second-order valence-electron chi connectivity index (χ2n) is 5.47.